The van der Waals surface area contributed by atoms with Gasteiger partial charge in [0, 0.05) is 18.3 Å². The maximum Gasteiger partial charge on any atom is 0.254 e. The van der Waals surface area contributed by atoms with Crippen LogP contribution in [-0.2, 0) is 9.59 Å². The van der Waals surface area contributed by atoms with Crippen LogP contribution in [0.4, 0.5) is 8.78 Å². The summed E-state index contributed by atoms with van der Waals surface area (Å²) in [5.74, 6) is -2.86. The molecule has 3 rings (SSSR count). The van der Waals surface area contributed by atoms with E-state index in [4.69, 9.17) is 0 Å². The van der Waals surface area contributed by atoms with Gasteiger partial charge < -0.3 is 5.32 Å². The molecule has 2 saturated carbocycles. The van der Waals surface area contributed by atoms with Gasteiger partial charge in [-0.1, -0.05) is 0 Å². The van der Waals surface area contributed by atoms with E-state index >= 15 is 0 Å². The van der Waals surface area contributed by atoms with Crippen LogP contribution in [0.3, 0.4) is 0 Å². The van der Waals surface area contributed by atoms with Crippen LogP contribution in [-0.4, -0.2) is 24.2 Å². The van der Waals surface area contributed by atoms with Crippen LogP contribution in [0.25, 0.3) is 0 Å². The van der Waals surface area contributed by atoms with Gasteiger partial charge in [-0.05, 0) is 12.8 Å². The largest absolute Gasteiger partial charge is 0.349 e. The Bertz CT molecular complexity index is 372. The standard InChI is InChI=1S/C10H11F2NO2/c11-10(12)5-9(10)3-8(4-9)1-6(14)2-13-7(8)15/h1-5H2,(H,13,15). The van der Waals surface area contributed by atoms with Gasteiger partial charge in [0.1, 0.15) is 0 Å². The first-order valence-corrected chi connectivity index (χ1v) is 5.07. The molecular formula is C10H11F2NO2. The smallest absolute Gasteiger partial charge is 0.254 e. The Balaban J connectivity index is 1.79. The molecule has 15 heavy (non-hydrogen) atoms. The SMILES string of the molecule is O=C1CNC(=O)C2(C1)CC1(C2)CC1(F)F. The number of amides is 1. The van der Waals surface area contributed by atoms with Crippen molar-refractivity contribution in [3.8, 4) is 0 Å². The maximum atomic E-state index is 13.0. The Morgan fingerprint density at radius 2 is 1.73 bits per heavy atom. The molecule has 5 heteroatoms. The molecule has 0 aromatic carbocycles. The van der Waals surface area contributed by atoms with Crippen molar-refractivity contribution in [3.63, 3.8) is 0 Å². The van der Waals surface area contributed by atoms with Gasteiger partial charge in [0.25, 0.3) is 5.92 Å². The summed E-state index contributed by atoms with van der Waals surface area (Å²) in [6.45, 7) is 0.0595. The summed E-state index contributed by atoms with van der Waals surface area (Å²) in [5.41, 5.74) is -1.74. The number of halogens is 2. The molecule has 1 aliphatic heterocycles. The molecule has 0 unspecified atom stereocenters. The maximum absolute atomic E-state index is 13.0. The van der Waals surface area contributed by atoms with E-state index in [-0.39, 0.29) is 43.9 Å². The first kappa shape index (κ1) is 9.24. The highest BCUT2D eigenvalue weighted by molar-refractivity contribution is 5.97. The monoisotopic (exact) mass is 215 g/mol. The minimum Gasteiger partial charge on any atom is -0.349 e. The molecule has 0 aromatic rings. The van der Waals surface area contributed by atoms with E-state index in [2.05, 4.69) is 5.32 Å². The lowest BCUT2D eigenvalue weighted by molar-refractivity contribution is -0.155. The molecule has 3 nitrogen and oxygen atoms in total. The molecule has 3 fully saturated rings. The number of hydrogen-bond donors (Lipinski definition) is 1. The molecule has 82 valence electrons. The Morgan fingerprint density at radius 3 is 2.27 bits per heavy atom. The molecule has 0 atom stereocenters. The van der Waals surface area contributed by atoms with Crippen molar-refractivity contribution in [1.82, 2.24) is 5.32 Å². The van der Waals surface area contributed by atoms with Crippen LogP contribution in [0.1, 0.15) is 25.7 Å². The first-order chi connectivity index (χ1) is 6.89. The Morgan fingerprint density at radius 1 is 1.13 bits per heavy atom. The second-order valence-corrected chi connectivity index (χ2v) is 5.19. The number of Topliss-reactive ketones (excluding diaryl/α,β-unsaturated/α-hetero) is 1. The van der Waals surface area contributed by atoms with Crippen LogP contribution in [0, 0.1) is 10.8 Å². The predicted molar refractivity (Wildman–Crippen MR) is 46.3 cm³/mol. The van der Waals surface area contributed by atoms with E-state index in [1.165, 1.54) is 0 Å². The molecule has 0 bridgehead atoms. The third-order valence-corrected chi connectivity index (χ3v) is 4.03. The normalized spacial score (nSPS) is 46.5. The highest BCUT2D eigenvalue weighted by Gasteiger charge is 2.80. The summed E-state index contributed by atoms with van der Waals surface area (Å²) in [6.07, 6.45) is 0.412. The first-order valence-electron chi connectivity index (χ1n) is 5.07. The molecule has 2 aliphatic carbocycles. The molecule has 1 saturated heterocycles. The van der Waals surface area contributed by atoms with E-state index < -0.39 is 16.8 Å². The zero-order chi connectivity index (χ0) is 10.9. The zero-order valence-corrected chi connectivity index (χ0v) is 8.11. The van der Waals surface area contributed by atoms with Crippen molar-refractivity contribution < 1.29 is 18.4 Å². The predicted octanol–water partition coefficient (Wildman–Crippen LogP) is 0.881. The average molecular weight is 215 g/mol. The van der Waals surface area contributed by atoms with E-state index in [0.29, 0.717) is 0 Å². The van der Waals surface area contributed by atoms with Gasteiger partial charge in [-0.25, -0.2) is 8.78 Å². The number of piperidine rings is 1. The fourth-order valence-electron chi connectivity index (χ4n) is 3.18. The Labute approximate surface area is 85.2 Å². The van der Waals surface area contributed by atoms with Crippen LogP contribution in [0.15, 0.2) is 0 Å². The summed E-state index contributed by atoms with van der Waals surface area (Å²) in [4.78, 5) is 22.8. The van der Waals surface area contributed by atoms with E-state index in [1.807, 2.05) is 0 Å². The molecule has 1 amide bonds. The number of carbonyl (C=O) groups excluding carboxylic acids is 2. The third kappa shape index (κ3) is 0.983. The lowest BCUT2D eigenvalue weighted by atomic mass is 9.55. The second kappa shape index (κ2) is 2.23. The Kier molecular flexibility index (Phi) is 1.37. The molecule has 1 N–H and O–H groups in total. The van der Waals surface area contributed by atoms with Crippen LogP contribution in [0.5, 0.6) is 0 Å². The van der Waals surface area contributed by atoms with E-state index in [9.17, 15) is 18.4 Å². The van der Waals surface area contributed by atoms with Crippen molar-refractivity contribution in [3.05, 3.63) is 0 Å². The topological polar surface area (TPSA) is 46.2 Å². The van der Waals surface area contributed by atoms with Crippen molar-refractivity contribution in [2.75, 3.05) is 6.54 Å². The van der Waals surface area contributed by atoms with Gasteiger partial charge >= 0.3 is 0 Å². The van der Waals surface area contributed by atoms with Gasteiger partial charge in [-0.15, -0.1) is 0 Å². The summed E-state index contributed by atoms with van der Waals surface area (Å²) >= 11 is 0. The second-order valence-electron chi connectivity index (χ2n) is 5.19. The molecule has 0 aromatic heterocycles. The zero-order valence-electron chi connectivity index (χ0n) is 8.11. The number of alkyl halides is 2. The van der Waals surface area contributed by atoms with Gasteiger partial charge in [0.2, 0.25) is 5.91 Å². The molecule has 0 radical (unpaired) electrons. The number of carbonyl (C=O) groups is 2. The van der Waals surface area contributed by atoms with Crippen molar-refractivity contribution in [1.29, 1.82) is 0 Å². The van der Waals surface area contributed by atoms with E-state index in [1.54, 1.807) is 0 Å². The molecule has 1 heterocycles. The average Bonchev–Trinajstić information content (AvgIpc) is 2.61. The van der Waals surface area contributed by atoms with Crippen LogP contribution < -0.4 is 5.32 Å². The summed E-state index contributed by atoms with van der Waals surface area (Å²) in [7, 11) is 0. The highest BCUT2D eigenvalue weighted by Crippen LogP contribution is 2.77. The van der Waals surface area contributed by atoms with Crippen molar-refractivity contribution in [2.24, 2.45) is 10.8 Å². The minimum absolute atomic E-state index is 0.0478. The number of ketones is 1. The minimum atomic E-state index is -2.60. The highest BCUT2D eigenvalue weighted by atomic mass is 19.3. The molecular weight excluding hydrogens is 204 g/mol. The fourth-order valence-corrected chi connectivity index (χ4v) is 3.18. The molecule has 3 aliphatic rings. The quantitative estimate of drug-likeness (QED) is 0.652. The lowest BCUT2D eigenvalue weighted by Crippen LogP contribution is -2.57. The van der Waals surface area contributed by atoms with Crippen molar-refractivity contribution in [2.45, 2.75) is 31.6 Å². The van der Waals surface area contributed by atoms with Crippen LogP contribution >= 0.6 is 0 Å². The van der Waals surface area contributed by atoms with Crippen LogP contribution in [0.2, 0.25) is 0 Å². The number of nitrogens with one attached hydrogen (secondary N) is 1. The van der Waals surface area contributed by atoms with E-state index in [0.717, 1.165) is 0 Å². The summed E-state index contributed by atoms with van der Waals surface area (Å²) in [6, 6.07) is 0. The van der Waals surface area contributed by atoms with Gasteiger partial charge in [-0.3, -0.25) is 9.59 Å². The van der Waals surface area contributed by atoms with Gasteiger partial charge in [0.05, 0.1) is 12.0 Å². The fraction of sp³-hybridized carbons (Fsp3) is 0.800. The summed E-state index contributed by atoms with van der Waals surface area (Å²) < 4.78 is 26.0. The van der Waals surface area contributed by atoms with Crippen molar-refractivity contribution >= 4 is 11.7 Å². The Hall–Kier alpha value is -1.00. The lowest BCUT2D eigenvalue weighted by Gasteiger charge is -2.48. The molecule has 2 spiro atoms. The summed E-state index contributed by atoms with van der Waals surface area (Å²) in [5, 5.41) is 2.48. The number of hydrogen-bond acceptors (Lipinski definition) is 2. The third-order valence-electron chi connectivity index (χ3n) is 4.03. The van der Waals surface area contributed by atoms with Gasteiger partial charge in [0.15, 0.2) is 5.78 Å². The van der Waals surface area contributed by atoms with Gasteiger partial charge in [-0.2, -0.15) is 0 Å². The number of rotatable bonds is 0.